The predicted octanol–water partition coefficient (Wildman–Crippen LogP) is 4.16. The van der Waals surface area contributed by atoms with Crippen molar-refractivity contribution >= 4 is 33.3 Å². The molecule has 2 heterocycles. The third kappa shape index (κ3) is 2.97. The zero-order valence-electron chi connectivity index (χ0n) is 11.1. The Hall–Kier alpha value is -0.350. The first-order valence-corrected chi connectivity index (χ1v) is 7.47. The van der Waals surface area contributed by atoms with Gasteiger partial charge in [0.2, 0.25) is 0 Å². The lowest BCUT2D eigenvalue weighted by Crippen LogP contribution is -2.38. The minimum atomic E-state index is 0.395. The molecule has 0 aromatic carbocycles. The van der Waals surface area contributed by atoms with E-state index in [-0.39, 0.29) is 0 Å². The molecule has 5 heteroatoms. The molecule has 1 aliphatic heterocycles. The Morgan fingerprint density at radius 2 is 1.89 bits per heavy atom. The number of hydrogen-bond acceptors (Lipinski definition) is 3. The Balaban J connectivity index is 2.08. The number of anilines is 1. The Bertz CT molecular complexity index is 423. The second-order valence-corrected chi connectivity index (χ2v) is 7.08. The molecule has 1 fully saturated rings. The lowest BCUT2D eigenvalue weighted by atomic mass is 9.75. The summed E-state index contributed by atoms with van der Waals surface area (Å²) in [5.41, 5.74) is 0.395. The van der Waals surface area contributed by atoms with Gasteiger partial charge in [-0.05, 0) is 40.1 Å². The Labute approximate surface area is 122 Å². The molecule has 18 heavy (non-hydrogen) atoms. The summed E-state index contributed by atoms with van der Waals surface area (Å²) >= 11 is 9.48. The Morgan fingerprint density at radius 1 is 1.28 bits per heavy atom. The lowest BCUT2D eigenvalue weighted by molar-refractivity contribution is 0.198. The normalized spacial score (nSPS) is 18.2. The van der Waals surface area contributed by atoms with Crippen LogP contribution in [0, 0.1) is 11.3 Å². The summed E-state index contributed by atoms with van der Waals surface area (Å²) in [5.74, 6) is 1.70. The van der Waals surface area contributed by atoms with Crippen LogP contribution in [0.1, 0.15) is 33.6 Å². The smallest absolute Gasteiger partial charge is 0.148 e. The summed E-state index contributed by atoms with van der Waals surface area (Å²) in [7, 11) is 0. The van der Waals surface area contributed by atoms with Crippen molar-refractivity contribution in [3.8, 4) is 0 Å². The average molecular weight is 333 g/mol. The van der Waals surface area contributed by atoms with Crippen molar-refractivity contribution in [2.75, 3.05) is 18.0 Å². The maximum absolute atomic E-state index is 6.01. The van der Waals surface area contributed by atoms with Gasteiger partial charge >= 0.3 is 0 Å². The van der Waals surface area contributed by atoms with E-state index in [1.165, 1.54) is 19.2 Å². The number of piperidine rings is 1. The van der Waals surface area contributed by atoms with Crippen LogP contribution in [0.5, 0.6) is 0 Å². The molecule has 100 valence electrons. The molecule has 0 spiro atoms. The van der Waals surface area contributed by atoms with Crippen LogP contribution in [-0.2, 0) is 0 Å². The second kappa shape index (κ2) is 5.33. The number of hydrogen-bond donors (Lipinski definition) is 0. The minimum absolute atomic E-state index is 0.395. The molecule has 0 bridgehead atoms. The van der Waals surface area contributed by atoms with Crippen LogP contribution in [0.3, 0.4) is 0 Å². The van der Waals surface area contributed by atoms with Gasteiger partial charge in [0.15, 0.2) is 0 Å². The van der Waals surface area contributed by atoms with Crippen molar-refractivity contribution in [3.05, 3.63) is 16.0 Å². The average Bonchev–Trinajstić information content (AvgIpc) is 2.32. The van der Waals surface area contributed by atoms with E-state index in [4.69, 9.17) is 11.6 Å². The van der Waals surface area contributed by atoms with Crippen LogP contribution in [0.25, 0.3) is 0 Å². The summed E-state index contributed by atoms with van der Waals surface area (Å²) < 4.78 is 0.806. The molecule has 0 unspecified atom stereocenters. The molecule has 0 amide bonds. The summed E-state index contributed by atoms with van der Waals surface area (Å²) in [6.45, 7) is 9.04. The SMILES string of the molecule is CC(C)(C)C1CCN(c2ncnc(Cl)c2Br)CC1. The van der Waals surface area contributed by atoms with Gasteiger partial charge in [0, 0.05) is 13.1 Å². The third-order valence-electron chi connectivity index (χ3n) is 3.75. The number of aromatic nitrogens is 2. The van der Waals surface area contributed by atoms with Gasteiger partial charge in [-0.25, -0.2) is 9.97 Å². The van der Waals surface area contributed by atoms with E-state index in [0.717, 1.165) is 29.3 Å². The van der Waals surface area contributed by atoms with Crippen LogP contribution >= 0.6 is 27.5 Å². The molecule has 2 rings (SSSR count). The van der Waals surface area contributed by atoms with Gasteiger partial charge < -0.3 is 4.90 Å². The van der Waals surface area contributed by atoms with Gasteiger partial charge in [0.25, 0.3) is 0 Å². The van der Waals surface area contributed by atoms with E-state index >= 15 is 0 Å². The first-order valence-electron chi connectivity index (χ1n) is 6.30. The first kappa shape index (κ1) is 14.1. The predicted molar refractivity (Wildman–Crippen MR) is 79.1 cm³/mol. The van der Waals surface area contributed by atoms with Gasteiger partial charge in [-0.15, -0.1) is 0 Å². The van der Waals surface area contributed by atoms with Crippen molar-refractivity contribution < 1.29 is 0 Å². The van der Waals surface area contributed by atoms with Crippen molar-refractivity contribution in [1.29, 1.82) is 0 Å². The molecule has 0 aliphatic carbocycles. The maximum atomic E-state index is 6.01. The van der Waals surface area contributed by atoms with E-state index in [1.807, 2.05) is 0 Å². The van der Waals surface area contributed by atoms with Crippen LogP contribution < -0.4 is 4.90 Å². The molecule has 1 aromatic heterocycles. The van der Waals surface area contributed by atoms with E-state index in [2.05, 4.69) is 51.6 Å². The van der Waals surface area contributed by atoms with Crippen LogP contribution in [0.15, 0.2) is 10.8 Å². The summed E-state index contributed by atoms with van der Waals surface area (Å²) in [6, 6.07) is 0. The minimum Gasteiger partial charge on any atom is -0.356 e. The Kier molecular flexibility index (Phi) is 4.17. The van der Waals surface area contributed by atoms with Gasteiger partial charge in [-0.2, -0.15) is 0 Å². The van der Waals surface area contributed by atoms with Crippen LogP contribution in [0.2, 0.25) is 5.15 Å². The largest absolute Gasteiger partial charge is 0.356 e. The number of nitrogens with zero attached hydrogens (tertiary/aromatic N) is 3. The van der Waals surface area contributed by atoms with Gasteiger partial charge in [0.1, 0.15) is 17.3 Å². The molecular formula is C13H19BrClN3. The third-order valence-corrected chi connectivity index (χ3v) is 4.99. The van der Waals surface area contributed by atoms with E-state index in [1.54, 1.807) is 0 Å². The fourth-order valence-corrected chi connectivity index (χ4v) is 3.10. The molecule has 0 atom stereocenters. The highest BCUT2D eigenvalue weighted by atomic mass is 79.9. The highest BCUT2D eigenvalue weighted by Gasteiger charge is 2.29. The van der Waals surface area contributed by atoms with E-state index in [0.29, 0.717) is 10.6 Å². The zero-order valence-corrected chi connectivity index (χ0v) is 13.4. The van der Waals surface area contributed by atoms with Crippen LogP contribution in [-0.4, -0.2) is 23.1 Å². The standard InChI is InChI=1S/C13H19BrClN3/c1-13(2,3)9-4-6-18(7-5-9)12-10(14)11(15)16-8-17-12/h8-9H,4-7H2,1-3H3. The molecule has 1 aromatic rings. The van der Waals surface area contributed by atoms with E-state index < -0.39 is 0 Å². The number of halogens is 2. The highest BCUT2D eigenvalue weighted by molar-refractivity contribution is 9.10. The quantitative estimate of drug-likeness (QED) is 0.723. The molecule has 0 radical (unpaired) electrons. The summed E-state index contributed by atoms with van der Waals surface area (Å²) in [5, 5.41) is 0.484. The molecule has 1 saturated heterocycles. The molecule has 1 aliphatic rings. The first-order chi connectivity index (χ1) is 8.39. The van der Waals surface area contributed by atoms with E-state index in [9.17, 15) is 0 Å². The fraction of sp³-hybridized carbons (Fsp3) is 0.692. The molecule has 0 saturated carbocycles. The molecule has 3 nitrogen and oxygen atoms in total. The fourth-order valence-electron chi connectivity index (χ4n) is 2.52. The summed E-state index contributed by atoms with van der Waals surface area (Å²) in [4.78, 5) is 10.6. The van der Waals surface area contributed by atoms with Gasteiger partial charge in [0.05, 0.1) is 4.47 Å². The molecule has 0 N–H and O–H groups in total. The summed E-state index contributed by atoms with van der Waals surface area (Å²) in [6.07, 6.45) is 3.94. The second-order valence-electron chi connectivity index (χ2n) is 5.93. The topological polar surface area (TPSA) is 29.0 Å². The van der Waals surface area contributed by atoms with Crippen molar-refractivity contribution in [3.63, 3.8) is 0 Å². The maximum Gasteiger partial charge on any atom is 0.148 e. The Morgan fingerprint density at radius 3 is 2.44 bits per heavy atom. The van der Waals surface area contributed by atoms with Crippen LogP contribution in [0.4, 0.5) is 5.82 Å². The monoisotopic (exact) mass is 331 g/mol. The number of rotatable bonds is 1. The van der Waals surface area contributed by atoms with Gasteiger partial charge in [-0.1, -0.05) is 32.4 Å². The van der Waals surface area contributed by atoms with Crippen molar-refractivity contribution in [1.82, 2.24) is 9.97 Å². The molecular weight excluding hydrogens is 314 g/mol. The lowest BCUT2D eigenvalue weighted by Gasteiger charge is -2.39. The highest BCUT2D eigenvalue weighted by Crippen LogP contribution is 2.37. The van der Waals surface area contributed by atoms with Crippen molar-refractivity contribution in [2.24, 2.45) is 11.3 Å². The van der Waals surface area contributed by atoms with Crippen molar-refractivity contribution in [2.45, 2.75) is 33.6 Å². The zero-order chi connectivity index (χ0) is 13.3. The van der Waals surface area contributed by atoms with Gasteiger partial charge in [-0.3, -0.25) is 0 Å².